The Morgan fingerprint density at radius 3 is 2.55 bits per heavy atom. The summed E-state index contributed by atoms with van der Waals surface area (Å²) in [5.74, 6) is -0.186. The molecule has 0 saturated heterocycles. The molecule has 0 aliphatic rings. The molecule has 1 N–H and O–H groups in total. The van der Waals surface area contributed by atoms with Gasteiger partial charge in [0.15, 0.2) is 0 Å². The molecule has 0 fully saturated rings. The average Bonchev–Trinajstić information content (AvgIpc) is 2.38. The Hall–Kier alpha value is -1.38. The fraction of sp³-hybridized carbons (Fsp3) is 0.294. The van der Waals surface area contributed by atoms with Gasteiger partial charge >= 0.3 is 0 Å². The van der Waals surface area contributed by atoms with Crippen LogP contribution in [0.5, 0.6) is 0 Å². The van der Waals surface area contributed by atoms with Crippen molar-refractivity contribution < 1.29 is 4.39 Å². The molecular formula is C17H19ClFN. The van der Waals surface area contributed by atoms with Crippen molar-refractivity contribution in [2.45, 2.75) is 32.4 Å². The lowest BCUT2D eigenvalue weighted by molar-refractivity contribution is 0.476. The molecule has 0 saturated carbocycles. The predicted molar refractivity (Wildman–Crippen MR) is 82.6 cm³/mol. The van der Waals surface area contributed by atoms with E-state index in [0.29, 0.717) is 0 Å². The summed E-state index contributed by atoms with van der Waals surface area (Å²) in [5.41, 5.74) is 2.08. The Balaban J connectivity index is 1.98. The molecule has 3 heteroatoms. The van der Waals surface area contributed by atoms with Crippen LogP contribution < -0.4 is 5.32 Å². The first kappa shape index (κ1) is 15.0. The minimum absolute atomic E-state index is 0.159. The lowest BCUT2D eigenvalue weighted by Gasteiger charge is -2.21. The molecule has 0 aliphatic carbocycles. The largest absolute Gasteiger partial charge is 0.307 e. The second kappa shape index (κ2) is 6.87. The average molecular weight is 292 g/mol. The SMILES string of the molecule is CC(Cc1cccc(F)c1)N[C@@H](C)c1ccccc1Cl. The molecule has 106 valence electrons. The summed E-state index contributed by atoms with van der Waals surface area (Å²) >= 11 is 6.19. The molecule has 0 spiro atoms. The highest BCUT2D eigenvalue weighted by molar-refractivity contribution is 6.31. The Morgan fingerprint density at radius 1 is 1.10 bits per heavy atom. The van der Waals surface area contributed by atoms with E-state index in [1.54, 1.807) is 12.1 Å². The fourth-order valence-electron chi connectivity index (χ4n) is 2.42. The van der Waals surface area contributed by atoms with Gasteiger partial charge in [0.05, 0.1) is 0 Å². The molecule has 1 nitrogen and oxygen atoms in total. The van der Waals surface area contributed by atoms with Crippen molar-refractivity contribution in [2.24, 2.45) is 0 Å². The van der Waals surface area contributed by atoms with Crippen molar-refractivity contribution in [1.29, 1.82) is 0 Å². The number of nitrogens with one attached hydrogen (secondary N) is 1. The molecule has 20 heavy (non-hydrogen) atoms. The fourth-order valence-corrected chi connectivity index (χ4v) is 2.72. The van der Waals surface area contributed by atoms with E-state index < -0.39 is 0 Å². The van der Waals surface area contributed by atoms with Gasteiger partial charge in [-0.2, -0.15) is 0 Å². The molecule has 2 atom stereocenters. The van der Waals surface area contributed by atoms with Crippen molar-refractivity contribution >= 4 is 11.6 Å². The molecule has 0 radical (unpaired) electrons. The monoisotopic (exact) mass is 291 g/mol. The van der Waals surface area contributed by atoms with Crippen LogP contribution in [0.1, 0.15) is 31.0 Å². The second-order valence-corrected chi connectivity index (χ2v) is 5.55. The van der Waals surface area contributed by atoms with E-state index in [9.17, 15) is 4.39 Å². The van der Waals surface area contributed by atoms with Gasteiger partial charge in [0.1, 0.15) is 5.82 Å². The Kier molecular flexibility index (Phi) is 5.16. The first-order chi connectivity index (χ1) is 9.56. The Morgan fingerprint density at radius 2 is 1.85 bits per heavy atom. The molecular weight excluding hydrogens is 273 g/mol. The van der Waals surface area contributed by atoms with Gasteiger partial charge in [0.2, 0.25) is 0 Å². The van der Waals surface area contributed by atoms with Crippen molar-refractivity contribution in [3.05, 3.63) is 70.5 Å². The van der Waals surface area contributed by atoms with Gasteiger partial charge in [-0.1, -0.05) is 41.9 Å². The first-order valence-electron chi connectivity index (χ1n) is 6.81. The van der Waals surface area contributed by atoms with E-state index in [0.717, 1.165) is 22.6 Å². The predicted octanol–water partition coefficient (Wildman–Crippen LogP) is 4.76. The van der Waals surface area contributed by atoms with E-state index in [1.165, 1.54) is 6.07 Å². The first-order valence-corrected chi connectivity index (χ1v) is 7.19. The van der Waals surface area contributed by atoms with Gasteiger partial charge in [0, 0.05) is 17.1 Å². The lowest BCUT2D eigenvalue weighted by atomic mass is 10.0. The van der Waals surface area contributed by atoms with Crippen LogP contribution >= 0.6 is 11.6 Å². The van der Waals surface area contributed by atoms with Crippen LogP contribution in [-0.4, -0.2) is 6.04 Å². The van der Waals surface area contributed by atoms with Crippen LogP contribution in [0.2, 0.25) is 5.02 Å². The maximum Gasteiger partial charge on any atom is 0.123 e. The summed E-state index contributed by atoms with van der Waals surface area (Å²) in [4.78, 5) is 0. The third kappa shape index (κ3) is 4.06. The van der Waals surface area contributed by atoms with Gasteiger partial charge in [-0.15, -0.1) is 0 Å². The standard InChI is InChI=1S/C17H19ClFN/c1-12(10-14-6-5-7-15(19)11-14)20-13(2)16-8-3-4-9-17(16)18/h3-9,11-13,20H,10H2,1-2H3/t12?,13-/m0/s1. The van der Waals surface area contributed by atoms with Gasteiger partial charge in [-0.05, 0) is 49.6 Å². The van der Waals surface area contributed by atoms with Crippen LogP contribution in [0.25, 0.3) is 0 Å². The van der Waals surface area contributed by atoms with Crippen LogP contribution in [0, 0.1) is 5.82 Å². The van der Waals surface area contributed by atoms with E-state index in [2.05, 4.69) is 19.2 Å². The second-order valence-electron chi connectivity index (χ2n) is 5.14. The van der Waals surface area contributed by atoms with Gasteiger partial charge in [0.25, 0.3) is 0 Å². The molecule has 0 heterocycles. The topological polar surface area (TPSA) is 12.0 Å². The minimum atomic E-state index is -0.186. The highest BCUT2D eigenvalue weighted by Crippen LogP contribution is 2.22. The zero-order valence-corrected chi connectivity index (χ0v) is 12.5. The summed E-state index contributed by atoms with van der Waals surface area (Å²) in [5, 5.41) is 4.27. The van der Waals surface area contributed by atoms with Crippen LogP contribution in [0.4, 0.5) is 4.39 Å². The van der Waals surface area contributed by atoms with Crippen molar-refractivity contribution in [1.82, 2.24) is 5.32 Å². The normalized spacial score (nSPS) is 14.0. The zero-order chi connectivity index (χ0) is 14.5. The quantitative estimate of drug-likeness (QED) is 0.837. The molecule has 0 amide bonds. The van der Waals surface area contributed by atoms with Crippen LogP contribution in [-0.2, 0) is 6.42 Å². The third-order valence-corrected chi connectivity index (χ3v) is 3.68. The van der Waals surface area contributed by atoms with Gasteiger partial charge < -0.3 is 5.32 Å². The number of rotatable bonds is 5. The summed E-state index contributed by atoms with van der Waals surface area (Å²) in [6.07, 6.45) is 0.784. The van der Waals surface area contributed by atoms with E-state index in [4.69, 9.17) is 11.6 Å². The van der Waals surface area contributed by atoms with Gasteiger partial charge in [-0.25, -0.2) is 4.39 Å². The Labute approximate surface area is 124 Å². The summed E-state index contributed by atoms with van der Waals surface area (Å²) in [6.45, 7) is 4.18. The lowest BCUT2D eigenvalue weighted by Crippen LogP contribution is -2.30. The molecule has 0 aliphatic heterocycles. The highest BCUT2D eigenvalue weighted by atomic mass is 35.5. The van der Waals surface area contributed by atoms with Crippen molar-refractivity contribution in [2.75, 3.05) is 0 Å². The van der Waals surface area contributed by atoms with Crippen molar-refractivity contribution in [3.63, 3.8) is 0 Å². The molecule has 1 unspecified atom stereocenters. The maximum absolute atomic E-state index is 13.2. The van der Waals surface area contributed by atoms with Gasteiger partial charge in [-0.3, -0.25) is 0 Å². The van der Waals surface area contributed by atoms with E-state index >= 15 is 0 Å². The smallest absolute Gasteiger partial charge is 0.123 e. The van der Waals surface area contributed by atoms with E-state index in [-0.39, 0.29) is 17.9 Å². The molecule has 0 aromatic heterocycles. The van der Waals surface area contributed by atoms with E-state index in [1.807, 2.05) is 30.3 Å². The number of halogens is 2. The molecule has 2 rings (SSSR count). The maximum atomic E-state index is 13.2. The zero-order valence-electron chi connectivity index (χ0n) is 11.7. The Bertz CT molecular complexity index is 570. The summed E-state index contributed by atoms with van der Waals surface area (Å²) in [7, 11) is 0. The number of benzene rings is 2. The number of hydrogen-bond donors (Lipinski definition) is 1. The highest BCUT2D eigenvalue weighted by Gasteiger charge is 2.12. The third-order valence-electron chi connectivity index (χ3n) is 3.34. The molecule has 2 aromatic carbocycles. The van der Waals surface area contributed by atoms with Crippen molar-refractivity contribution in [3.8, 4) is 0 Å². The molecule has 0 bridgehead atoms. The number of hydrogen-bond acceptors (Lipinski definition) is 1. The summed E-state index contributed by atoms with van der Waals surface area (Å²) < 4.78 is 13.2. The minimum Gasteiger partial charge on any atom is -0.307 e. The summed E-state index contributed by atoms with van der Waals surface area (Å²) in [6, 6.07) is 15.0. The van der Waals surface area contributed by atoms with Crippen LogP contribution in [0.3, 0.4) is 0 Å². The molecule has 2 aromatic rings. The van der Waals surface area contributed by atoms with Crippen LogP contribution in [0.15, 0.2) is 48.5 Å².